The van der Waals surface area contributed by atoms with Crippen molar-refractivity contribution >= 4 is 21.5 Å². The molecule has 8 rings (SSSR count). The first kappa shape index (κ1) is 28.6. The van der Waals surface area contributed by atoms with Crippen molar-refractivity contribution in [2.24, 2.45) is 0 Å². The molecular weight excluding hydrogens is 585 g/mol. The number of benzene rings is 6. The van der Waals surface area contributed by atoms with Crippen molar-refractivity contribution in [2.45, 2.75) is 0 Å². The third-order valence-corrected chi connectivity index (χ3v) is 8.80. The van der Waals surface area contributed by atoms with Gasteiger partial charge in [-0.25, -0.2) is 9.97 Å². The van der Waals surface area contributed by atoms with Gasteiger partial charge in [-0.3, -0.25) is 0 Å². The third kappa shape index (κ3) is 5.14. The van der Waals surface area contributed by atoms with Crippen LogP contribution in [0.15, 0.2) is 158 Å². The van der Waals surface area contributed by atoms with Gasteiger partial charge >= 0.3 is 0 Å². The molecule has 6 aromatic carbocycles. The molecule has 222 valence electrons. The Labute approximate surface area is 278 Å². The number of hydrogen-bond donors (Lipinski definition) is 0. The number of rotatable bonds is 5. The van der Waals surface area contributed by atoms with E-state index in [1.807, 2.05) is 30.3 Å². The Kier molecular flexibility index (Phi) is 7.23. The summed E-state index contributed by atoms with van der Waals surface area (Å²) in [5, 5.41) is 23.4. The van der Waals surface area contributed by atoms with Gasteiger partial charge < -0.3 is 0 Å². The molecular formula is C44H26N4. The number of nitrogens with zero attached hydrogens (tertiary/aromatic N) is 4. The lowest BCUT2D eigenvalue weighted by Crippen LogP contribution is -1.93. The fraction of sp³-hybridized carbons (Fsp3) is 0. The minimum Gasteiger partial charge on any atom is -0.237 e. The summed E-state index contributed by atoms with van der Waals surface area (Å²) in [5.74, 6) is 0. The molecule has 0 aliphatic carbocycles. The molecule has 4 heteroatoms. The van der Waals surface area contributed by atoms with Crippen LogP contribution in [0, 0.1) is 22.7 Å². The molecule has 8 aromatic rings. The highest BCUT2D eigenvalue weighted by molar-refractivity contribution is 6.22. The maximum Gasteiger partial charge on any atom is 0.141 e. The summed E-state index contributed by atoms with van der Waals surface area (Å²) in [6.07, 6.45) is 0. The van der Waals surface area contributed by atoms with E-state index >= 15 is 0 Å². The second-order valence-corrected chi connectivity index (χ2v) is 11.6. The van der Waals surface area contributed by atoms with Crippen LogP contribution >= 0.6 is 0 Å². The normalized spacial score (nSPS) is 10.9. The van der Waals surface area contributed by atoms with Crippen LogP contribution in [0.3, 0.4) is 0 Å². The maximum absolute atomic E-state index is 9.37. The number of hydrogen-bond acceptors (Lipinski definition) is 4. The fourth-order valence-corrected chi connectivity index (χ4v) is 6.54. The standard InChI is InChI=1S/C44H26N4/c45-27-35-10-6-14-41(47-35)30-16-20-32(21-17-30)43-37-12-4-5-13-38(37)44(40-26-34(24-25-39(40)43)29-8-2-1-3-9-29)33-22-18-31(19-23-33)42-15-7-11-36(28-46)48-42/h1-26H. The van der Waals surface area contributed by atoms with E-state index in [-0.39, 0.29) is 0 Å². The molecule has 4 nitrogen and oxygen atoms in total. The van der Waals surface area contributed by atoms with Crippen LogP contribution in [0.25, 0.3) is 77.4 Å². The number of aromatic nitrogens is 2. The largest absolute Gasteiger partial charge is 0.237 e. The van der Waals surface area contributed by atoms with Crippen molar-refractivity contribution in [3.05, 3.63) is 169 Å². The van der Waals surface area contributed by atoms with E-state index in [1.54, 1.807) is 12.1 Å². The fourth-order valence-electron chi connectivity index (χ4n) is 6.54. The predicted molar refractivity (Wildman–Crippen MR) is 194 cm³/mol. The summed E-state index contributed by atoms with van der Waals surface area (Å²) in [6.45, 7) is 0. The Morgan fingerprint density at radius 3 is 1.29 bits per heavy atom. The predicted octanol–water partition coefficient (Wildman–Crippen LogP) is 10.9. The minimum atomic E-state index is 0.401. The number of pyridine rings is 2. The van der Waals surface area contributed by atoms with Gasteiger partial charge in [-0.15, -0.1) is 0 Å². The van der Waals surface area contributed by atoms with Crippen LogP contribution in [-0.4, -0.2) is 9.97 Å². The van der Waals surface area contributed by atoms with Gasteiger partial charge in [0.1, 0.15) is 23.5 Å². The summed E-state index contributed by atoms with van der Waals surface area (Å²) in [7, 11) is 0. The molecule has 0 fully saturated rings. The lowest BCUT2D eigenvalue weighted by Gasteiger charge is -2.19. The SMILES string of the molecule is N#Cc1cccc(-c2ccc(-c3c4ccccc4c(-c4ccc(-c5cccc(C#N)n5)cc4)c4cc(-c5ccccc5)ccc34)cc2)n1. The number of nitriles is 2. The van der Waals surface area contributed by atoms with E-state index in [0.29, 0.717) is 11.4 Å². The molecule has 0 radical (unpaired) electrons. The zero-order chi connectivity index (χ0) is 32.5. The van der Waals surface area contributed by atoms with Gasteiger partial charge in [0.2, 0.25) is 0 Å². The molecule has 0 saturated carbocycles. The Morgan fingerprint density at radius 1 is 0.333 bits per heavy atom. The molecule has 0 N–H and O–H groups in total. The first-order valence-corrected chi connectivity index (χ1v) is 15.7. The lowest BCUT2D eigenvalue weighted by molar-refractivity contribution is 1.27. The average molecular weight is 611 g/mol. The third-order valence-electron chi connectivity index (χ3n) is 8.80. The van der Waals surface area contributed by atoms with E-state index in [1.165, 1.54) is 11.1 Å². The molecule has 0 aliphatic heterocycles. The van der Waals surface area contributed by atoms with Gasteiger partial charge in [-0.05, 0) is 85.3 Å². The van der Waals surface area contributed by atoms with Gasteiger partial charge in [-0.2, -0.15) is 10.5 Å². The quantitative estimate of drug-likeness (QED) is 0.182. The Hall–Kier alpha value is -6.88. The molecule has 2 heterocycles. The van der Waals surface area contributed by atoms with Crippen molar-refractivity contribution in [3.8, 4) is 68.0 Å². The van der Waals surface area contributed by atoms with E-state index in [2.05, 4.69) is 137 Å². The molecule has 0 unspecified atom stereocenters. The highest BCUT2D eigenvalue weighted by atomic mass is 14.7. The zero-order valence-electron chi connectivity index (χ0n) is 25.8. The van der Waals surface area contributed by atoms with Crippen LogP contribution in [0.2, 0.25) is 0 Å². The summed E-state index contributed by atoms with van der Waals surface area (Å²) in [6, 6.07) is 58.1. The van der Waals surface area contributed by atoms with Crippen LogP contribution in [0.1, 0.15) is 11.4 Å². The number of fused-ring (bicyclic) bond motifs is 2. The second kappa shape index (κ2) is 12.1. The van der Waals surface area contributed by atoms with Crippen LogP contribution in [-0.2, 0) is 0 Å². The second-order valence-electron chi connectivity index (χ2n) is 11.6. The molecule has 0 aliphatic rings. The average Bonchev–Trinajstić information content (AvgIpc) is 3.17. The first-order valence-electron chi connectivity index (χ1n) is 15.7. The highest BCUT2D eigenvalue weighted by Gasteiger charge is 2.18. The van der Waals surface area contributed by atoms with Crippen molar-refractivity contribution in [1.82, 2.24) is 9.97 Å². The highest BCUT2D eigenvalue weighted by Crippen LogP contribution is 2.45. The lowest BCUT2D eigenvalue weighted by atomic mass is 9.84. The molecule has 0 amide bonds. The van der Waals surface area contributed by atoms with Crippen molar-refractivity contribution in [2.75, 3.05) is 0 Å². The van der Waals surface area contributed by atoms with Gasteiger partial charge in [0, 0.05) is 11.1 Å². The molecule has 2 aromatic heterocycles. The van der Waals surface area contributed by atoms with E-state index in [0.717, 1.165) is 66.3 Å². The Bertz CT molecular complexity index is 2560. The van der Waals surface area contributed by atoms with Crippen LogP contribution < -0.4 is 0 Å². The maximum atomic E-state index is 9.37. The molecule has 0 saturated heterocycles. The monoisotopic (exact) mass is 610 g/mol. The zero-order valence-corrected chi connectivity index (χ0v) is 25.8. The first-order chi connectivity index (χ1) is 23.7. The topological polar surface area (TPSA) is 73.4 Å². The molecule has 0 bridgehead atoms. The molecule has 48 heavy (non-hydrogen) atoms. The van der Waals surface area contributed by atoms with Crippen molar-refractivity contribution in [3.63, 3.8) is 0 Å². The van der Waals surface area contributed by atoms with Gasteiger partial charge in [0.15, 0.2) is 0 Å². The Morgan fingerprint density at radius 2 is 0.771 bits per heavy atom. The summed E-state index contributed by atoms with van der Waals surface area (Å²) in [5.41, 5.74) is 11.1. The van der Waals surface area contributed by atoms with Gasteiger partial charge in [-0.1, -0.05) is 127 Å². The Balaban J connectivity index is 1.35. The summed E-state index contributed by atoms with van der Waals surface area (Å²) in [4.78, 5) is 9.01. The molecule has 0 spiro atoms. The van der Waals surface area contributed by atoms with Crippen LogP contribution in [0.5, 0.6) is 0 Å². The summed E-state index contributed by atoms with van der Waals surface area (Å²) < 4.78 is 0. The molecule has 0 atom stereocenters. The van der Waals surface area contributed by atoms with E-state index in [4.69, 9.17) is 0 Å². The van der Waals surface area contributed by atoms with Crippen molar-refractivity contribution in [1.29, 1.82) is 10.5 Å². The van der Waals surface area contributed by atoms with Crippen molar-refractivity contribution < 1.29 is 0 Å². The van der Waals surface area contributed by atoms with E-state index in [9.17, 15) is 10.5 Å². The van der Waals surface area contributed by atoms with E-state index < -0.39 is 0 Å². The summed E-state index contributed by atoms with van der Waals surface area (Å²) >= 11 is 0. The minimum absolute atomic E-state index is 0.401. The smallest absolute Gasteiger partial charge is 0.141 e. The van der Waals surface area contributed by atoms with Gasteiger partial charge in [0.05, 0.1) is 11.4 Å². The van der Waals surface area contributed by atoms with Gasteiger partial charge in [0.25, 0.3) is 0 Å². The van der Waals surface area contributed by atoms with Crippen LogP contribution in [0.4, 0.5) is 0 Å².